The summed E-state index contributed by atoms with van der Waals surface area (Å²) in [6.45, 7) is 4.97. The van der Waals surface area contributed by atoms with E-state index in [9.17, 15) is 17.6 Å². The van der Waals surface area contributed by atoms with Crippen LogP contribution < -0.4 is 4.90 Å². The number of amides is 1. The van der Waals surface area contributed by atoms with Crippen molar-refractivity contribution in [3.8, 4) is 0 Å². The second kappa shape index (κ2) is 8.12. The van der Waals surface area contributed by atoms with Gasteiger partial charge in [-0.3, -0.25) is 9.69 Å². The van der Waals surface area contributed by atoms with Crippen LogP contribution in [-0.4, -0.2) is 55.9 Å². The van der Waals surface area contributed by atoms with Crippen molar-refractivity contribution in [2.45, 2.75) is 38.3 Å². The van der Waals surface area contributed by atoms with Gasteiger partial charge in [-0.1, -0.05) is 38.1 Å². The van der Waals surface area contributed by atoms with Crippen molar-refractivity contribution in [1.29, 1.82) is 0 Å². The molecular formula is C23H27FN2O3S. The van der Waals surface area contributed by atoms with Crippen molar-refractivity contribution in [3.63, 3.8) is 0 Å². The average molecular weight is 431 g/mol. The Labute approximate surface area is 177 Å². The number of fused-ring (bicyclic) bond motifs is 1. The lowest BCUT2D eigenvalue weighted by molar-refractivity contribution is -0.123. The number of rotatable bonds is 5. The van der Waals surface area contributed by atoms with E-state index >= 15 is 0 Å². The van der Waals surface area contributed by atoms with Crippen LogP contribution in [0.15, 0.2) is 48.5 Å². The van der Waals surface area contributed by atoms with Gasteiger partial charge in [-0.15, -0.1) is 0 Å². The first-order chi connectivity index (χ1) is 14.2. The van der Waals surface area contributed by atoms with Gasteiger partial charge in [0, 0.05) is 18.3 Å². The first-order valence-electron chi connectivity index (χ1n) is 10.3. The standard InChI is InChI=1S/C23H27FN2O3S/c1-16(2)18-5-9-20(10-6-18)26-22-15-30(28,29)14-21(22)25(13-23(26)27)12-11-17-3-7-19(24)8-4-17/h3-10,16,21-22H,11-15H2,1-2H3. The predicted molar refractivity (Wildman–Crippen MR) is 116 cm³/mol. The highest BCUT2D eigenvalue weighted by molar-refractivity contribution is 7.91. The molecule has 4 rings (SSSR count). The summed E-state index contributed by atoms with van der Waals surface area (Å²) >= 11 is 0. The fraction of sp³-hybridized carbons (Fsp3) is 0.435. The van der Waals surface area contributed by atoms with Crippen LogP contribution in [-0.2, 0) is 21.1 Å². The summed E-state index contributed by atoms with van der Waals surface area (Å²) in [5.74, 6) is 0.0764. The molecule has 0 radical (unpaired) electrons. The number of piperazine rings is 1. The lowest BCUT2D eigenvalue weighted by Gasteiger charge is -2.43. The van der Waals surface area contributed by atoms with Gasteiger partial charge in [0.25, 0.3) is 0 Å². The largest absolute Gasteiger partial charge is 0.306 e. The summed E-state index contributed by atoms with van der Waals surface area (Å²) in [5, 5.41) is 0. The van der Waals surface area contributed by atoms with E-state index in [1.807, 2.05) is 29.2 Å². The third-order valence-electron chi connectivity index (χ3n) is 6.14. The maximum atomic E-state index is 13.1. The van der Waals surface area contributed by atoms with Gasteiger partial charge in [-0.2, -0.15) is 0 Å². The van der Waals surface area contributed by atoms with Gasteiger partial charge in [0.05, 0.1) is 24.1 Å². The molecule has 2 aromatic rings. The number of sulfone groups is 1. The van der Waals surface area contributed by atoms with E-state index in [-0.39, 0.29) is 41.9 Å². The van der Waals surface area contributed by atoms with Crippen LogP contribution in [0.25, 0.3) is 0 Å². The van der Waals surface area contributed by atoms with Gasteiger partial charge >= 0.3 is 0 Å². The highest BCUT2D eigenvalue weighted by Crippen LogP contribution is 2.32. The normalized spacial score (nSPS) is 23.7. The Bertz CT molecular complexity index is 1020. The molecule has 2 fully saturated rings. The molecule has 0 saturated carbocycles. The molecule has 2 saturated heterocycles. The van der Waals surface area contributed by atoms with Crippen LogP contribution in [0, 0.1) is 5.82 Å². The van der Waals surface area contributed by atoms with E-state index in [4.69, 9.17) is 0 Å². The van der Waals surface area contributed by atoms with Crippen LogP contribution >= 0.6 is 0 Å². The van der Waals surface area contributed by atoms with Gasteiger partial charge < -0.3 is 4.90 Å². The van der Waals surface area contributed by atoms with E-state index in [0.29, 0.717) is 18.9 Å². The molecule has 5 nitrogen and oxygen atoms in total. The zero-order valence-electron chi connectivity index (χ0n) is 17.3. The fourth-order valence-electron chi connectivity index (χ4n) is 4.48. The summed E-state index contributed by atoms with van der Waals surface area (Å²) in [7, 11) is -3.22. The summed E-state index contributed by atoms with van der Waals surface area (Å²) in [6.07, 6.45) is 0.639. The van der Waals surface area contributed by atoms with Crippen LogP contribution in [0.5, 0.6) is 0 Å². The Morgan fingerprint density at radius 3 is 2.27 bits per heavy atom. The van der Waals surface area contributed by atoms with E-state index in [2.05, 4.69) is 13.8 Å². The summed E-state index contributed by atoms with van der Waals surface area (Å²) < 4.78 is 38.1. The molecule has 0 spiro atoms. The van der Waals surface area contributed by atoms with Crippen LogP contribution in [0.1, 0.15) is 30.9 Å². The molecular weight excluding hydrogens is 403 g/mol. The van der Waals surface area contributed by atoms with Crippen LogP contribution in [0.3, 0.4) is 0 Å². The number of carbonyl (C=O) groups is 1. The van der Waals surface area contributed by atoms with E-state index in [1.54, 1.807) is 17.0 Å². The minimum Gasteiger partial charge on any atom is -0.306 e. The molecule has 0 bridgehead atoms. The first-order valence-corrected chi connectivity index (χ1v) is 12.2. The molecule has 0 aromatic heterocycles. The Morgan fingerprint density at radius 1 is 1.00 bits per heavy atom. The van der Waals surface area contributed by atoms with Gasteiger partial charge in [0.2, 0.25) is 5.91 Å². The molecule has 1 amide bonds. The Hall–Kier alpha value is -2.25. The van der Waals surface area contributed by atoms with Gasteiger partial charge in [-0.25, -0.2) is 12.8 Å². The number of carbonyl (C=O) groups excluding carboxylic acids is 1. The Kier molecular flexibility index (Phi) is 5.68. The van der Waals surface area contributed by atoms with E-state index < -0.39 is 9.84 Å². The van der Waals surface area contributed by atoms with Crippen molar-refractivity contribution in [2.24, 2.45) is 0 Å². The van der Waals surface area contributed by atoms with Crippen molar-refractivity contribution in [2.75, 3.05) is 29.5 Å². The molecule has 2 aliphatic heterocycles. The lowest BCUT2D eigenvalue weighted by atomic mass is 10.00. The second-order valence-electron chi connectivity index (χ2n) is 8.57. The molecule has 2 aromatic carbocycles. The van der Waals surface area contributed by atoms with Crippen molar-refractivity contribution < 1.29 is 17.6 Å². The SMILES string of the molecule is CC(C)c1ccc(N2C(=O)CN(CCc3ccc(F)cc3)C3CS(=O)(=O)CC32)cc1. The molecule has 2 atom stereocenters. The quantitative estimate of drug-likeness (QED) is 0.732. The van der Waals surface area contributed by atoms with Gasteiger partial charge in [0.15, 0.2) is 9.84 Å². The zero-order chi connectivity index (χ0) is 21.5. The minimum absolute atomic E-state index is 0.0115. The summed E-state index contributed by atoms with van der Waals surface area (Å²) in [4.78, 5) is 16.7. The van der Waals surface area contributed by atoms with Crippen molar-refractivity contribution in [3.05, 3.63) is 65.5 Å². The smallest absolute Gasteiger partial charge is 0.241 e. The zero-order valence-corrected chi connectivity index (χ0v) is 18.1. The Balaban J connectivity index is 1.56. The molecule has 0 aliphatic carbocycles. The van der Waals surface area contributed by atoms with Gasteiger partial charge in [-0.05, 0) is 47.7 Å². The third-order valence-corrected chi connectivity index (χ3v) is 7.84. The topological polar surface area (TPSA) is 57.7 Å². The number of anilines is 1. The average Bonchev–Trinajstić information content (AvgIpc) is 3.02. The van der Waals surface area contributed by atoms with Crippen molar-refractivity contribution in [1.82, 2.24) is 4.90 Å². The first kappa shape index (κ1) is 21.0. The molecule has 2 unspecified atom stereocenters. The number of benzene rings is 2. The van der Waals surface area contributed by atoms with Gasteiger partial charge in [0.1, 0.15) is 5.82 Å². The molecule has 160 valence electrons. The molecule has 0 N–H and O–H groups in total. The maximum Gasteiger partial charge on any atom is 0.241 e. The predicted octanol–water partition coefficient (Wildman–Crippen LogP) is 3.01. The van der Waals surface area contributed by atoms with E-state index in [0.717, 1.165) is 11.3 Å². The van der Waals surface area contributed by atoms with E-state index in [1.165, 1.54) is 17.7 Å². The monoisotopic (exact) mass is 430 g/mol. The number of halogens is 1. The molecule has 30 heavy (non-hydrogen) atoms. The highest BCUT2D eigenvalue weighted by atomic mass is 32.2. The Morgan fingerprint density at radius 2 is 1.63 bits per heavy atom. The van der Waals surface area contributed by atoms with Crippen LogP contribution in [0.4, 0.5) is 10.1 Å². The second-order valence-corrected chi connectivity index (χ2v) is 10.7. The molecule has 7 heteroatoms. The minimum atomic E-state index is -3.22. The molecule has 2 heterocycles. The van der Waals surface area contributed by atoms with Crippen LogP contribution in [0.2, 0.25) is 0 Å². The highest BCUT2D eigenvalue weighted by Gasteiger charge is 2.49. The number of hydrogen-bond donors (Lipinski definition) is 0. The fourth-order valence-corrected chi connectivity index (χ4v) is 6.46. The van der Waals surface area contributed by atoms with Crippen molar-refractivity contribution >= 4 is 21.4 Å². The third kappa shape index (κ3) is 4.27. The number of nitrogens with zero attached hydrogens (tertiary/aromatic N) is 2. The lowest BCUT2D eigenvalue weighted by Crippen LogP contribution is -2.62. The molecule has 2 aliphatic rings. The maximum absolute atomic E-state index is 13.1. The summed E-state index contributed by atoms with van der Waals surface area (Å²) in [5.41, 5.74) is 2.90. The number of hydrogen-bond acceptors (Lipinski definition) is 4. The summed E-state index contributed by atoms with van der Waals surface area (Å²) in [6, 6.07) is 13.5.